The molecule has 0 spiro atoms. The quantitative estimate of drug-likeness (QED) is 0.897. The Morgan fingerprint density at radius 3 is 2.56 bits per heavy atom. The van der Waals surface area contributed by atoms with Gasteiger partial charge in [0.2, 0.25) is 5.91 Å². The molecule has 5 heteroatoms. The molecule has 1 atom stereocenters. The molecule has 1 aromatic heterocycles. The maximum absolute atomic E-state index is 12.7. The minimum Gasteiger partial charge on any atom is -0.361 e. The first kappa shape index (κ1) is 17.5. The first-order chi connectivity index (χ1) is 12.0. The van der Waals surface area contributed by atoms with Crippen LogP contribution in [0.4, 0.5) is 0 Å². The molecule has 1 aromatic carbocycles. The van der Waals surface area contributed by atoms with Crippen LogP contribution in [0.25, 0.3) is 10.9 Å². The predicted molar refractivity (Wildman–Crippen MR) is 99.4 cm³/mol. The van der Waals surface area contributed by atoms with E-state index >= 15 is 0 Å². The zero-order chi connectivity index (χ0) is 18.0. The molecule has 134 valence electrons. The van der Waals surface area contributed by atoms with E-state index in [1.165, 1.54) is 0 Å². The van der Waals surface area contributed by atoms with Crippen molar-refractivity contribution < 1.29 is 9.59 Å². The van der Waals surface area contributed by atoms with Crippen LogP contribution in [0.5, 0.6) is 0 Å². The predicted octanol–water partition coefficient (Wildman–Crippen LogP) is 3.18. The number of H-pyrrole nitrogens is 1. The molecule has 0 bridgehead atoms. The maximum Gasteiger partial charge on any atom is 0.253 e. The summed E-state index contributed by atoms with van der Waals surface area (Å²) in [6.45, 7) is 7.52. The lowest BCUT2D eigenvalue weighted by Crippen LogP contribution is -2.45. The summed E-state index contributed by atoms with van der Waals surface area (Å²) in [5.74, 6) is 0.617. The highest BCUT2D eigenvalue weighted by Gasteiger charge is 2.28. The number of piperidine rings is 1. The second-order valence-corrected chi connectivity index (χ2v) is 7.39. The third-order valence-electron chi connectivity index (χ3n) is 5.32. The average molecular weight is 341 g/mol. The average Bonchev–Trinajstić information content (AvgIpc) is 3.08. The third kappa shape index (κ3) is 3.86. The monoisotopic (exact) mass is 341 g/mol. The van der Waals surface area contributed by atoms with Crippen molar-refractivity contribution in [2.75, 3.05) is 13.1 Å². The molecule has 1 saturated heterocycles. The molecule has 0 aliphatic carbocycles. The number of rotatable bonds is 4. The first-order valence-electron chi connectivity index (χ1n) is 9.12. The van der Waals surface area contributed by atoms with Gasteiger partial charge in [-0.1, -0.05) is 13.8 Å². The summed E-state index contributed by atoms with van der Waals surface area (Å²) >= 11 is 0. The summed E-state index contributed by atoms with van der Waals surface area (Å²) in [6, 6.07) is 7.89. The van der Waals surface area contributed by atoms with Crippen LogP contribution >= 0.6 is 0 Å². The number of hydrogen-bond acceptors (Lipinski definition) is 2. The Bertz CT molecular complexity index is 757. The van der Waals surface area contributed by atoms with Crippen molar-refractivity contribution >= 4 is 22.7 Å². The lowest BCUT2D eigenvalue weighted by Gasteiger charge is -2.32. The van der Waals surface area contributed by atoms with E-state index in [1.54, 1.807) is 0 Å². The lowest BCUT2D eigenvalue weighted by atomic mass is 9.94. The van der Waals surface area contributed by atoms with Gasteiger partial charge in [0.05, 0.1) is 0 Å². The number of likely N-dealkylation sites (tertiary alicyclic amines) is 1. The molecule has 1 fully saturated rings. The number of benzene rings is 1. The Labute approximate surface area is 148 Å². The van der Waals surface area contributed by atoms with Gasteiger partial charge >= 0.3 is 0 Å². The second kappa shape index (κ2) is 7.30. The van der Waals surface area contributed by atoms with Crippen molar-refractivity contribution in [3.05, 3.63) is 36.0 Å². The zero-order valence-electron chi connectivity index (χ0n) is 15.2. The second-order valence-electron chi connectivity index (χ2n) is 7.39. The van der Waals surface area contributed by atoms with Gasteiger partial charge in [-0.05, 0) is 49.9 Å². The van der Waals surface area contributed by atoms with Gasteiger partial charge in [-0.15, -0.1) is 0 Å². The van der Waals surface area contributed by atoms with Gasteiger partial charge in [0, 0.05) is 47.7 Å². The molecule has 1 unspecified atom stereocenters. The van der Waals surface area contributed by atoms with Crippen molar-refractivity contribution in [3.8, 4) is 0 Å². The van der Waals surface area contributed by atoms with Crippen LogP contribution < -0.4 is 5.32 Å². The van der Waals surface area contributed by atoms with Crippen LogP contribution in [0.3, 0.4) is 0 Å². The molecule has 0 saturated carbocycles. The van der Waals surface area contributed by atoms with Crippen LogP contribution in [0.2, 0.25) is 0 Å². The van der Waals surface area contributed by atoms with E-state index in [-0.39, 0.29) is 23.8 Å². The van der Waals surface area contributed by atoms with Gasteiger partial charge in [0.1, 0.15) is 0 Å². The number of nitrogens with one attached hydrogen (secondary N) is 2. The molecular formula is C20H27N3O2. The molecule has 3 rings (SSSR count). The van der Waals surface area contributed by atoms with E-state index in [2.05, 4.69) is 24.1 Å². The van der Waals surface area contributed by atoms with Gasteiger partial charge < -0.3 is 15.2 Å². The van der Waals surface area contributed by atoms with Crippen molar-refractivity contribution in [3.63, 3.8) is 0 Å². The van der Waals surface area contributed by atoms with Gasteiger partial charge in [-0.3, -0.25) is 9.59 Å². The number of aromatic amines is 1. The highest BCUT2D eigenvalue weighted by molar-refractivity contribution is 5.98. The molecule has 2 amide bonds. The van der Waals surface area contributed by atoms with Crippen molar-refractivity contribution in [2.45, 2.75) is 39.7 Å². The summed E-state index contributed by atoms with van der Waals surface area (Å²) in [6.07, 6.45) is 3.34. The minimum atomic E-state index is 0.0115. The largest absolute Gasteiger partial charge is 0.361 e. The molecule has 5 nitrogen and oxygen atoms in total. The normalized spacial score (nSPS) is 17.0. The van der Waals surface area contributed by atoms with Crippen LogP contribution in [0, 0.1) is 11.8 Å². The number of nitrogens with zero attached hydrogens (tertiary/aromatic N) is 1. The van der Waals surface area contributed by atoms with E-state index in [4.69, 9.17) is 0 Å². The van der Waals surface area contributed by atoms with Crippen molar-refractivity contribution in [1.29, 1.82) is 0 Å². The fourth-order valence-corrected chi connectivity index (χ4v) is 3.22. The van der Waals surface area contributed by atoms with E-state index in [1.807, 2.05) is 42.3 Å². The molecule has 0 radical (unpaired) electrons. The first-order valence-corrected chi connectivity index (χ1v) is 9.12. The molecule has 2 heterocycles. The van der Waals surface area contributed by atoms with Crippen LogP contribution in [-0.2, 0) is 4.79 Å². The summed E-state index contributed by atoms with van der Waals surface area (Å²) < 4.78 is 0. The summed E-state index contributed by atoms with van der Waals surface area (Å²) in [5, 5.41) is 4.14. The SMILES string of the molecule is CC(C)C(C)NC(=O)C1CCN(C(=O)c2ccc3[nH]ccc3c2)CC1. The summed E-state index contributed by atoms with van der Waals surface area (Å²) in [7, 11) is 0. The zero-order valence-corrected chi connectivity index (χ0v) is 15.2. The fourth-order valence-electron chi connectivity index (χ4n) is 3.22. The Morgan fingerprint density at radius 2 is 1.88 bits per heavy atom. The molecule has 1 aliphatic rings. The molecule has 1 aliphatic heterocycles. The van der Waals surface area contributed by atoms with Crippen molar-refractivity contribution in [2.24, 2.45) is 11.8 Å². The van der Waals surface area contributed by atoms with E-state index < -0.39 is 0 Å². The molecule has 25 heavy (non-hydrogen) atoms. The standard InChI is InChI=1S/C20H27N3O2/c1-13(2)14(3)22-19(24)15-7-10-23(11-8-15)20(25)17-4-5-18-16(12-17)6-9-21-18/h4-6,9,12-15,21H,7-8,10-11H2,1-3H3,(H,22,24). The summed E-state index contributed by atoms with van der Waals surface area (Å²) in [5.41, 5.74) is 1.75. The van der Waals surface area contributed by atoms with E-state index in [0.29, 0.717) is 24.6 Å². The van der Waals surface area contributed by atoms with E-state index in [9.17, 15) is 9.59 Å². The minimum absolute atomic E-state index is 0.0115. The number of hydrogen-bond donors (Lipinski definition) is 2. The Morgan fingerprint density at radius 1 is 1.16 bits per heavy atom. The third-order valence-corrected chi connectivity index (χ3v) is 5.32. The topological polar surface area (TPSA) is 65.2 Å². The molecule has 2 N–H and O–H groups in total. The number of fused-ring (bicyclic) bond motifs is 1. The molecular weight excluding hydrogens is 314 g/mol. The number of carbonyl (C=O) groups excluding carboxylic acids is 2. The number of amides is 2. The van der Waals surface area contributed by atoms with Crippen LogP contribution in [-0.4, -0.2) is 40.8 Å². The van der Waals surface area contributed by atoms with Gasteiger partial charge in [0.15, 0.2) is 0 Å². The van der Waals surface area contributed by atoms with Gasteiger partial charge in [-0.2, -0.15) is 0 Å². The molecule has 2 aromatic rings. The smallest absolute Gasteiger partial charge is 0.253 e. The van der Waals surface area contributed by atoms with Crippen LogP contribution in [0.15, 0.2) is 30.5 Å². The fraction of sp³-hybridized carbons (Fsp3) is 0.500. The number of carbonyl (C=O) groups is 2. The van der Waals surface area contributed by atoms with Crippen molar-refractivity contribution in [1.82, 2.24) is 15.2 Å². The summed E-state index contributed by atoms with van der Waals surface area (Å²) in [4.78, 5) is 30.1. The highest BCUT2D eigenvalue weighted by Crippen LogP contribution is 2.21. The van der Waals surface area contributed by atoms with Crippen LogP contribution in [0.1, 0.15) is 44.0 Å². The Balaban J connectivity index is 1.58. The van der Waals surface area contributed by atoms with Gasteiger partial charge in [-0.25, -0.2) is 0 Å². The van der Waals surface area contributed by atoms with E-state index in [0.717, 1.165) is 23.7 Å². The Kier molecular flexibility index (Phi) is 5.11. The Hall–Kier alpha value is -2.30. The van der Waals surface area contributed by atoms with Gasteiger partial charge in [0.25, 0.3) is 5.91 Å². The number of aromatic nitrogens is 1. The highest BCUT2D eigenvalue weighted by atomic mass is 16.2. The maximum atomic E-state index is 12.7. The lowest BCUT2D eigenvalue weighted by molar-refractivity contribution is -0.127.